The quantitative estimate of drug-likeness (QED) is 0.172. The molecule has 0 spiro atoms. The summed E-state index contributed by atoms with van der Waals surface area (Å²) in [6.45, 7) is 12.2. The number of likely N-dealkylation sites (tertiary alicyclic amines) is 1. The lowest BCUT2D eigenvalue weighted by molar-refractivity contribution is -0.155. The van der Waals surface area contributed by atoms with Gasteiger partial charge in [0, 0.05) is 62.8 Å². The number of aromatic nitrogens is 2. The Kier molecular flexibility index (Phi) is 14.3. The second-order valence-corrected chi connectivity index (χ2v) is 18.8. The lowest BCUT2D eigenvalue weighted by Gasteiger charge is -2.37. The van der Waals surface area contributed by atoms with Gasteiger partial charge in [-0.25, -0.2) is 9.99 Å². The number of hydrazine groups is 1. The van der Waals surface area contributed by atoms with E-state index in [-0.39, 0.29) is 43.4 Å². The maximum Gasteiger partial charge on any atom is 0.324 e. The van der Waals surface area contributed by atoms with Crippen LogP contribution < -0.4 is 10.7 Å². The molecule has 0 unspecified atom stereocenters. The first-order valence-electron chi connectivity index (χ1n) is 22.7. The van der Waals surface area contributed by atoms with E-state index in [0.717, 1.165) is 33.2 Å². The third-order valence-corrected chi connectivity index (χ3v) is 13.0. The van der Waals surface area contributed by atoms with Crippen molar-refractivity contribution in [3.05, 3.63) is 77.6 Å². The molecule has 2 fully saturated rings. The van der Waals surface area contributed by atoms with Crippen LogP contribution in [0.1, 0.15) is 83.7 Å². The van der Waals surface area contributed by atoms with Gasteiger partial charge in [-0.1, -0.05) is 63.9 Å². The van der Waals surface area contributed by atoms with Crippen LogP contribution in [0.2, 0.25) is 0 Å². The molecule has 346 valence electrons. The van der Waals surface area contributed by atoms with E-state index in [1.807, 2.05) is 83.1 Å². The molecule has 0 radical (unpaired) electrons. The molecule has 5 atom stereocenters. The molecule has 66 heavy (non-hydrogen) atoms. The van der Waals surface area contributed by atoms with Gasteiger partial charge < -0.3 is 24.6 Å². The van der Waals surface area contributed by atoms with Crippen molar-refractivity contribution in [1.82, 2.24) is 35.1 Å². The Morgan fingerprint density at radius 3 is 2.55 bits per heavy atom. The summed E-state index contributed by atoms with van der Waals surface area (Å²) >= 11 is 0. The molecule has 2 aromatic carbocycles. The molecule has 15 heteroatoms. The smallest absolute Gasteiger partial charge is 0.324 e. The van der Waals surface area contributed by atoms with Crippen LogP contribution in [0.15, 0.2) is 60.8 Å². The third kappa shape index (κ3) is 9.83. The summed E-state index contributed by atoms with van der Waals surface area (Å²) in [6, 6.07) is 14.7. The number of hydrogen-bond acceptors (Lipinski definition) is 10. The fourth-order valence-corrected chi connectivity index (χ4v) is 9.61. The minimum Gasteiger partial charge on any atom is -0.464 e. The molecule has 2 aromatic heterocycles. The summed E-state index contributed by atoms with van der Waals surface area (Å²) in [7, 11) is 3.21. The number of methoxy groups -OCH3 is 1. The molecule has 6 bridgehead atoms. The first-order chi connectivity index (χ1) is 31.5. The van der Waals surface area contributed by atoms with E-state index < -0.39 is 47.2 Å². The first-order valence-corrected chi connectivity index (χ1v) is 22.7. The van der Waals surface area contributed by atoms with E-state index in [1.165, 1.54) is 9.91 Å². The fourth-order valence-electron chi connectivity index (χ4n) is 9.61. The van der Waals surface area contributed by atoms with Gasteiger partial charge >= 0.3 is 5.97 Å². The highest BCUT2D eigenvalue weighted by atomic mass is 16.5. The van der Waals surface area contributed by atoms with Gasteiger partial charge in [-0.3, -0.25) is 34.0 Å². The zero-order chi connectivity index (χ0) is 47.4. The van der Waals surface area contributed by atoms with E-state index in [1.54, 1.807) is 36.7 Å². The Morgan fingerprint density at radius 2 is 1.82 bits per heavy atom. The zero-order valence-electron chi connectivity index (χ0n) is 39.1. The summed E-state index contributed by atoms with van der Waals surface area (Å²) in [5.41, 5.74) is 8.75. The number of carbonyl (C=O) groups excluding carboxylic acids is 5. The first kappa shape index (κ1) is 47.4. The lowest BCUT2D eigenvalue weighted by atomic mass is 9.84. The topological polar surface area (TPSA) is 179 Å². The minimum absolute atomic E-state index is 0.0519. The van der Waals surface area contributed by atoms with Crippen molar-refractivity contribution in [2.45, 2.75) is 97.9 Å². The number of likely N-dealkylation sites (N-methyl/N-ethyl adjacent to an activating group) is 1. The van der Waals surface area contributed by atoms with Crippen LogP contribution in [0.4, 0.5) is 0 Å². The number of pyridine rings is 1. The van der Waals surface area contributed by atoms with Gasteiger partial charge in [0.1, 0.15) is 18.1 Å². The highest BCUT2D eigenvalue weighted by molar-refractivity contribution is 5.97. The number of nitrogens with one attached hydrogen (secondary N) is 2. The highest BCUT2D eigenvalue weighted by Gasteiger charge is 2.40. The highest BCUT2D eigenvalue weighted by Crippen LogP contribution is 2.41. The van der Waals surface area contributed by atoms with Gasteiger partial charge in [-0.2, -0.15) is 5.26 Å². The minimum atomic E-state index is -1.09. The monoisotopic (exact) mass is 896 g/mol. The van der Waals surface area contributed by atoms with Gasteiger partial charge in [0.15, 0.2) is 6.19 Å². The second-order valence-electron chi connectivity index (χ2n) is 18.8. The standard InChI is InChI=1S/C51H60N8O7/c1-9-13-43(60)57-23-20-36(28-57)48(62)56(7)45(31(2)3)47(61)54-41-25-33-14-10-15-34(24-33)35-18-19-42-38(26-35)39(46(58(42)30-52)37-16-11-21-53-44(37)32(4)65-8)27-51(5,6)29-66-50(64)40-17-12-22-59(55-40)49(41)63/h10-11,14-16,18-19,21,24,26,31-32,36,40-41,45,55H,12,17,20,22-23,25,27-29H2,1-8H3,(H,54,61)/t32-,36-,40-,41-,45-/m0/s1. The summed E-state index contributed by atoms with van der Waals surface area (Å²) < 4.78 is 13.4. The average Bonchev–Trinajstić information content (AvgIpc) is 3.92. The number of ether oxygens (including phenoxy) is 2. The summed E-state index contributed by atoms with van der Waals surface area (Å²) in [5, 5.41) is 16.1. The summed E-state index contributed by atoms with van der Waals surface area (Å²) in [6.07, 6.45) is 5.71. The Bertz CT molecular complexity index is 2640. The van der Waals surface area contributed by atoms with Gasteiger partial charge in [-0.15, -0.1) is 0 Å². The van der Waals surface area contributed by atoms with Crippen molar-refractivity contribution < 1.29 is 33.4 Å². The maximum atomic E-state index is 14.7. The molecule has 4 aromatic rings. The molecule has 5 heterocycles. The van der Waals surface area contributed by atoms with Crippen molar-refractivity contribution >= 4 is 40.5 Å². The van der Waals surface area contributed by atoms with Gasteiger partial charge in [-0.05, 0) is 97.9 Å². The van der Waals surface area contributed by atoms with Crippen molar-refractivity contribution in [2.75, 3.05) is 40.4 Å². The number of fused-ring (bicyclic) bond motifs is 6. The predicted octanol–water partition coefficient (Wildman–Crippen LogP) is 5.41. The van der Waals surface area contributed by atoms with Crippen LogP contribution in [0.25, 0.3) is 33.3 Å². The van der Waals surface area contributed by atoms with Crippen molar-refractivity contribution in [1.29, 1.82) is 5.26 Å². The SMILES string of the molecule is CC#CC(=O)N1CC[C@H](C(=O)N(C)[C@H](C(=O)N[C@H]2Cc3cccc(c3)-c3ccc4c(c3)c(c(-c3cccnc3[C@H](C)OC)n4C#N)CC(C)(C)COC(=O)[C@@H]3CCCN(N3)C2=O)C(C)C)C1. The number of benzene rings is 2. The normalized spacial score (nSPS) is 20.6. The molecule has 7 rings (SSSR count). The van der Waals surface area contributed by atoms with Crippen LogP contribution in [0.3, 0.4) is 0 Å². The second kappa shape index (κ2) is 19.9. The van der Waals surface area contributed by atoms with Crippen LogP contribution in [-0.2, 0) is 46.3 Å². The van der Waals surface area contributed by atoms with E-state index in [9.17, 15) is 29.2 Å². The van der Waals surface area contributed by atoms with Crippen LogP contribution in [0, 0.1) is 40.5 Å². The van der Waals surface area contributed by atoms with Crippen molar-refractivity contribution in [3.8, 4) is 40.4 Å². The number of hydrogen-bond donors (Lipinski definition) is 2. The fraction of sp³-hybridized carbons (Fsp3) is 0.471. The molecular formula is C51H60N8O7. The van der Waals surface area contributed by atoms with Crippen LogP contribution in [-0.4, -0.2) is 112 Å². The molecule has 2 N–H and O–H groups in total. The molecule has 0 saturated carbocycles. The number of cyclic esters (lactones) is 1. The molecule has 3 aliphatic heterocycles. The molecule has 0 aliphatic carbocycles. The van der Waals surface area contributed by atoms with E-state index >= 15 is 0 Å². The number of nitriles is 1. The van der Waals surface area contributed by atoms with Gasteiger partial charge in [0.25, 0.3) is 11.8 Å². The summed E-state index contributed by atoms with van der Waals surface area (Å²) in [4.78, 5) is 77.2. The zero-order valence-corrected chi connectivity index (χ0v) is 39.1. The number of nitrogens with zero attached hydrogens (tertiary/aromatic N) is 6. The van der Waals surface area contributed by atoms with Crippen molar-refractivity contribution in [2.24, 2.45) is 17.3 Å². The molecule has 4 amide bonds. The van der Waals surface area contributed by atoms with Crippen molar-refractivity contribution in [3.63, 3.8) is 0 Å². The molecule has 3 aliphatic rings. The Morgan fingerprint density at radius 1 is 1.05 bits per heavy atom. The predicted molar refractivity (Wildman–Crippen MR) is 249 cm³/mol. The van der Waals surface area contributed by atoms with Gasteiger partial charge in [0.2, 0.25) is 11.8 Å². The summed E-state index contributed by atoms with van der Waals surface area (Å²) in [5.74, 6) is 2.29. The number of amides is 4. The van der Waals surface area contributed by atoms with E-state index in [4.69, 9.17) is 14.5 Å². The van der Waals surface area contributed by atoms with Crippen LogP contribution >= 0.6 is 0 Å². The average molecular weight is 897 g/mol. The van der Waals surface area contributed by atoms with E-state index in [0.29, 0.717) is 55.7 Å². The Labute approximate surface area is 386 Å². The van der Waals surface area contributed by atoms with E-state index in [2.05, 4.69) is 34.8 Å². The third-order valence-electron chi connectivity index (χ3n) is 13.0. The van der Waals surface area contributed by atoms with Crippen LogP contribution in [0.5, 0.6) is 0 Å². The lowest BCUT2D eigenvalue weighted by Crippen LogP contribution is -2.62. The molecule has 2 saturated heterocycles. The van der Waals surface area contributed by atoms with Gasteiger partial charge in [0.05, 0.1) is 35.5 Å². The molecular weight excluding hydrogens is 837 g/mol. The number of carbonyl (C=O) groups is 5. The maximum absolute atomic E-state index is 14.7. The molecule has 15 nitrogen and oxygen atoms in total. The largest absolute Gasteiger partial charge is 0.464 e. The number of esters is 1. The Hall–Kier alpha value is -6.55. The Balaban J connectivity index is 1.28. The number of rotatable bonds is 8.